The van der Waals surface area contributed by atoms with Gasteiger partial charge in [0.2, 0.25) is 12.3 Å². The molecular formula is C18H24N2O2. The van der Waals surface area contributed by atoms with Crippen molar-refractivity contribution in [2.24, 2.45) is 0 Å². The lowest BCUT2D eigenvalue weighted by atomic mass is 10.0. The zero-order valence-corrected chi connectivity index (χ0v) is 13.6. The minimum Gasteiger partial charge on any atom is -0.350 e. The van der Waals surface area contributed by atoms with Crippen molar-refractivity contribution in [3.05, 3.63) is 41.0 Å². The predicted octanol–water partition coefficient (Wildman–Crippen LogP) is 2.74. The number of rotatable bonds is 5. The van der Waals surface area contributed by atoms with Crippen molar-refractivity contribution < 1.29 is 9.59 Å². The maximum Gasteiger partial charge on any atom is 0.243 e. The van der Waals surface area contributed by atoms with Crippen LogP contribution in [0.2, 0.25) is 0 Å². The van der Waals surface area contributed by atoms with E-state index in [-0.39, 0.29) is 11.9 Å². The van der Waals surface area contributed by atoms with Crippen LogP contribution in [-0.2, 0) is 16.1 Å². The van der Waals surface area contributed by atoms with Gasteiger partial charge in [0.1, 0.15) is 6.04 Å². The van der Waals surface area contributed by atoms with Crippen LogP contribution in [0.15, 0.2) is 29.8 Å². The Morgan fingerprint density at radius 3 is 2.55 bits per heavy atom. The first kappa shape index (κ1) is 16.3. The van der Waals surface area contributed by atoms with Gasteiger partial charge in [0.15, 0.2) is 0 Å². The Hall–Kier alpha value is -2.10. The molecule has 1 aliphatic heterocycles. The van der Waals surface area contributed by atoms with E-state index in [9.17, 15) is 9.59 Å². The minimum atomic E-state index is -0.301. The summed E-state index contributed by atoms with van der Waals surface area (Å²) in [4.78, 5) is 24.6. The third-order valence-corrected chi connectivity index (χ3v) is 4.34. The van der Waals surface area contributed by atoms with Crippen molar-refractivity contribution in [3.8, 4) is 0 Å². The molecular weight excluding hydrogens is 276 g/mol. The van der Waals surface area contributed by atoms with Crippen molar-refractivity contribution >= 4 is 17.9 Å². The number of benzene rings is 1. The maximum atomic E-state index is 12.1. The minimum absolute atomic E-state index is 0.0610. The predicted molar refractivity (Wildman–Crippen MR) is 88.0 cm³/mol. The van der Waals surface area contributed by atoms with Gasteiger partial charge in [-0.2, -0.15) is 0 Å². The number of nitrogens with zero attached hydrogens (tertiary/aromatic N) is 1. The molecule has 1 heterocycles. The third kappa shape index (κ3) is 3.75. The number of allylic oxidation sites excluding steroid dienone is 2. The maximum absolute atomic E-state index is 12.1. The molecule has 0 spiro atoms. The van der Waals surface area contributed by atoms with Crippen molar-refractivity contribution in [1.82, 2.24) is 10.2 Å². The van der Waals surface area contributed by atoms with Crippen LogP contribution in [0.5, 0.6) is 0 Å². The summed E-state index contributed by atoms with van der Waals surface area (Å²) in [5, 5.41) is 2.93. The number of hydrogen-bond donors (Lipinski definition) is 1. The smallest absolute Gasteiger partial charge is 0.243 e. The van der Waals surface area contributed by atoms with Gasteiger partial charge in [0.25, 0.3) is 0 Å². The molecule has 1 N–H and O–H groups in total. The summed E-state index contributed by atoms with van der Waals surface area (Å²) in [6, 6.07) is 7.93. The summed E-state index contributed by atoms with van der Waals surface area (Å²) in [5.74, 6) is -0.0610. The number of carbonyl (C=O) groups excluding carboxylic acids is 2. The van der Waals surface area contributed by atoms with Crippen LogP contribution >= 0.6 is 0 Å². The van der Waals surface area contributed by atoms with Gasteiger partial charge in [-0.25, -0.2) is 0 Å². The highest BCUT2D eigenvalue weighted by atomic mass is 16.2. The fraction of sp³-hybridized carbons (Fsp3) is 0.444. The Labute approximate surface area is 132 Å². The van der Waals surface area contributed by atoms with Crippen molar-refractivity contribution in [3.63, 3.8) is 0 Å². The van der Waals surface area contributed by atoms with Crippen molar-refractivity contribution in [2.45, 2.75) is 46.2 Å². The first-order chi connectivity index (χ1) is 10.5. The van der Waals surface area contributed by atoms with E-state index in [0.717, 1.165) is 24.8 Å². The van der Waals surface area contributed by atoms with E-state index in [1.165, 1.54) is 16.7 Å². The van der Waals surface area contributed by atoms with Gasteiger partial charge in [-0.15, -0.1) is 0 Å². The van der Waals surface area contributed by atoms with Crippen molar-refractivity contribution in [1.29, 1.82) is 0 Å². The first-order valence-corrected chi connectivity index (χ1v) is 7.75. The molecule has 118 valence electrons. The van der Waals surface area contributed by atoms with E-state index in [0.29, 0.717) is 13.1 Å². The van der Waals surface area contributed by atoms with Crippen LogP contribution in [0.25, 0.3) is 5.57 Å². The monoisotopic (exact) mass is 300 g/mol. The lowest BCUT2D eigenvalue weighted by molar-refractivity contribution is -0.131. The molecule has 1 aromatic carbocycles. The number of likely N-dealkylation sites (tertiary alicyclic amines) is 1. The second kappa shape index (κ2) is 7.25. The third-order valence-electron chi connectivity index (χ3n) is 4.34. The molecule has 1 atom stereocenters. The number of amides is 2. The molecule has 4 nitrogen and oxygen atoms in total. The normalized spacial score (nSPS) is 17.2. The molecule has 2 rings (SSSR count). The molecule has 0 unspecified atom stereocenters. The standard InChI is InChI=1S/C18H24N2O2/c1-13(2)14(3)16-8-6-15(7-9-16)11-19-18(22)17-5-4-10-20(17)12-21/h6-9,12,17H,4-5,10-11H2,1-3H3,(H,19,22)/t17-/m0/s1. The molecule has 1 saturated heterocycles. The summed E-state index contributed by atoms with van der Waals surface area (Å²) in [6.45, 7) is 7.49. The van der Waals surface area contributed by atoms with Crippen LogP contribution < -0.4 is 5.32 Å². The first-order valence-electron chi connectivity index (χ1n) is 7.75. The second-order valence-corrected chi connectivity index (χ2v) is 6.04. The Balaban J connectivity index is 1.93. The van der Waals surface area contributed by atoms with Gasteiger partial charge in [-0.3, -0.25) is 9.59 Å². The molecule has 22 heavy (non-hydrogen) atoms. The average Bonchev–Trinajstić information content (AvgIpc) is 3.01. The molecule has 0 radical (unpaired) electrons. The molecule has 0 saturated carbocycles. The molecule has 0 bridgehead atoms. The topological polar surface area (TPSA) is 49.4 Å². The molecule has 2 amide bonds. The Kier molecular flexibility index (Phi) is 5.36. The van der Waals surface area contributed by atoms with Gasteiger partial charge in [-0.05, 0) is 50.3 Å². The molecule has 0 aliphatic carbocycles. The summed E-state index contributed by atoms with van der Waals surface area (Å²) < 4.78 is 0. The van der Waals surface area contributed by atoms with Crippen LogP contribution in [0.1, 0.15) is 44.7 Å². The van der Waals surface area contributed by atoms with E-state index >= 15 is 0 Å². The molecule has 4 heteroatoms. The van der Waals surface area contributed by atoms with E-state index in [1.54, 1.807) is 4.90 Å². The highest BCUT2D eigenvalue weighted by Crippen LogP contribution is 2.18. The summed E-state index contributed by atoms with van der Waals surface area (Å²) in [7, 11) is 0. The number of carbonyl (C=O) groups is 2. The zero-order chi connectivity index (χ0) is 16.1. The van der Waals surface area contributed by atoms with E-state index in [2.05, 4.69) is 38.2 Å². The van der Waals surface area contributed by atoms with Gasteiger partial charge in [0.05, 0.1) is 0 Å². The zero-order valence-electron chi connectivity index (χ0n) is 13.6. The van der Waals surface area contributed by atoms with Gasteiger partial charge in [-0.1, -0.05) is 29.8 Å². The largest absolute Gasteiger partial charge is 0.350 e. The van der Waals surface area contributed by atoms with Crippen LogP contribution in [-0.4, -0.2) is 29.8 Å². The summed E-state index contributed by atoms with van der Waals surface area (Å²) in [6.07, 6.45) is 2.42. The highest BCUT2D eigenvalue weighted by Gasteiger charge is 2.29. The van der Waals surface area contributed by atoms with Gasteiger partial charge < -0.3 is 10.2 Å². The molecule has 1 fully saturated rings. The van der Waals surface area contributed by atoms with E-state index in [4.69, 9.17) is 0 Å². The number of hydrogen-bond acceptors (Lipinski definition) is 2. The van der Waals surface area contributed by atoms with Crippen molar-refractivity contribution in [2.75, 3.05) is 6.54 Å². The second-order valence-electron chi connectivity index (χ2n) is 6.04. The van der Waals surface area contributed by atoms with Gasteiger partial charge >= 0.3 is 0 Å². The summed E-state index contributed by atoms with van der Waals surface area (Å²) >= 11 is 0. The Morgan fingerprint density at radius 2 is 1.95 bits per heavy atom. The molecule has 1 aliphatic rings. The SMILES string of the molecule is CC(C)=C(C)c1ccc(CNC(=O)[C@@H]2CCCN2C=O)cc1. The average molecular weight is 300 g/mol. The summed E-state index contributed by atoms with van der Waals surface area (Å²) in [5.41, 5.74) is 4.85. The van der Waals surface area contributed by atoms with Gasteiger partial charge in [0, 0.05) is 13.1 Å². The van der Waals surface area contributed by atoms with Crippen LogP contribution in [0.4, 0.5) is 0 Å². The fourth-order valence-corrected chi connectivity index (χ4v) is 2.67. The van der Waals surface area contributed by atoms with E-state index in [1.807, 2.05) is 12.1 Å². The Morgan fingerprint density at radius 1 is 1.27 bits per heavy atom. The fourth-order valence-electron chi connectivity index (χ4n) is 2.67. The highest BCUT2D eigenvalue weighted by molar-refractivity contribution is 5.84. The lowest BCUT2D eigenvalue weighted by Gasteiger charge is -2.19. The lowest BCUT2D eigenvalue weighted by Crippen LogP contribution is -2.42. The molecule has 0 aromatic heterocycles. The Bertz CT molecular complexity index is 571. The quantitative estimate of drug-likeness (QED) is 0.850. The molecule has 1 aromatic rings. The number of nitrogens with one attached hydrogen (secondary N) is 1. The van der Waals surface area contributed by atoms with Crippen LogP contribution in [0, 0.1) is 0 Å². The van der Waals surface area contributed by atoms with Crippen LogP contribution in [0.3, 0.4) is 0 Å². The van der Waals surface area contributed by atoms with E-state index < -0.39 is 0 Å².